The molecule has 2 aromatic rings. The highest BCUT2D eigenvalue weighted by molar-refractivity contribution is 7.13. The van der Waals surface area contributed by atoms with Crippen molar-refractivity contribution in [3.05, 3.63) is 29.3 Å². The molecule has 1 unspecified atom stereocenters. The van der Waals surface area contributed by atoms with E-state index in [2.05, 4.69) is 15.6 Å². The molecule has 1 amide bonds. The van der Waals surface area contributed by atoms with Crippen LogP contribution in [0.15, 0.2) is 23.6 Å². The van der Waals surface area contributed by atoms with Crippen molar-refractivity contribution >= 4 is 17.2 Å². The number of hydrogen-bond acceptors (Lipinski definition) is 6. The van der Waals surface area contributed by atoms with Crippen LogP contribution >= 0.6 is 11.3 Å². The molecule has 3 rings (SSSR count). The summed E-state index contributed by atoms with van der Waals surface area (Å²) in [6, 6.07) is 5.53. The van der Waals surface area contributed by atoms with E-state index in [9.17, 15) is 4.79 Å². The van der Waals surface area contributed by atoms with Gasteiger partial charge in [-0.15, -0.1) is 11.3 Å². The van der Waals surface area contributed by atoms with Gasteiger partial charge in [-0.3, -0.25) is 4.79 Å². The largest absolute Gasteiger partial charge is 0.454 e. The third-order valence-electron chi connectivity index (χ3n) is 3.65. The Kier molecular flexibility index (Phi) is 4.96. The molecule has 25 heavy (non-hydrogen) atoms. The molecule has 1 aliphatic rings. The van der Waals surface area contributed by atoms with Gasteiger partial charge in [0.25, 0.3) is 0 Å². The molecule has 0 bridgehead atoms. The lowest BCUT2D eigenvalue weighted by Crippen LogP contribution is -2.49. The maximum atomic E-state index is 12.1. The van der Waals surface area contributed by atoms with Gasteiger partial charge in [0.15, 0.2) is 11.5 Å². The Balaban J connectivity index is 1.59. The summed E-state index contributed by atoms with van der Waals surface area (Å²) in [5.41, 5.74) is 1.67. The highest BCUT2D eigenvalue weighted by atomic mass is 32.1. The average molecular weight is 361 g/mol. The predicted molar refractivity (Wildman–Crippen MR) is 97.9 cm³/mol. The molecule has 0 saturated carbocycles. The van der Waals surface area contributed by atoms with Crippen molar-refractivity contribution in [2.24, 2.45) is 0 Å². The molecule has 2 heterocycles. The Morgan fingerprint density at radius 3 is 2.84 bits per heavy atom. The fourth-order valence-electron chi connectivity index (χ4n) is 2.38. The van der Waals surface area contributed by atoms with E-state index >= 15 is 0 Å². The normalized spacial score (nSPS) is 14.4. The van der Waals surface area contributed by atoms with Gasteiger partial charge in [0.1, 0.15) is 5.01 Å². The molecule has 7 heteroatoms. The number of carbonyl (C=O) groups excluding carboxylic acids is 1. The van der Waals surface area contributed by atoms with Gasteiger partial charge in [0.05, 0.1) is 11.7 Å². The molecule has 1 aliphatic heterocycles. The number of amides is 1. The number of nitrogens with zero attached hydrogens (tertiary/aromatic N) is 1. The van der Waals surface area contributed by atoms with Crippen LogP contribution in [0.2, 0.25) is 0 Å². The van der Waals surface area contributed by atoms with Crippen molar-refractivity contribution in [2.75, 3.05) is 6.79 Å². The third kappa shape index (κ3) is 4.49. The second-order valence-electron chi connectivity index (χ2n) is 7.05. The van der Waals surface area contributed by atoms with Crippen molar-refractivity contribution in [2.45, 2.75) is 45.8 Å². The standard InChI is InChI=1S/C18H23N3O3S/c1-11(16(22)21-18(2,3)4)19-8-13-9-25-17(20-13)12-5-6-14-15(7-12)24-10-23-14/h5-7,9,11,19H,8,10H2,1-4H3,(H,21,22). The maximum absolute atomic E-state index is 12.1. The summed E-state index contributed by atoms with van der Waals surface area (Å²) < 4.78 is 10.7. The molecule has 0 radical (unpaired) electrons. The van der Waals surface area contributed by atoms with E-state index in [-0.39, 0.29) is 24.3 Å². The molecule has 1 aromatic heterocycles. The van der Waals surface area contributed by atoms with Crippen LogP contribution in [-0.4, -0.2) is 29.3 Å². The molecule has 1 atom stereocenters. The van der Waals surface area contributed by atoms with Gasteiger partial charge in [-0.25, -0.2) is 4.98 Å². The molecule has 0 saturated heterocycles. The summed E-state index contributed by atoms with van der Waals surface area (Å²) in [7, 11) is 0. The molecule has 1 aromatic carbocycles. The summed E-state index contributed by atoms with van der Waals surface area (Å²) in [4.78, 5) is 16.7. The van der Waals surface area contributed by atoms with Gasteiger partial charge < -0.3 is 20.1 Å². The Morgan fingerprint density at radius 1 is 1.32 bits per heavy atom. The lowest BCUT2D eigenvalue weighted by Gasteiger charge is -2.23. The van der Waals surface area contributed by atoms with Crippen LogP contribution in [0, 0.1) is 0 Å². The van der Waals surface area contributed by atoms with Gasteiger partial charge in [-0.2, -0.15) is 0 Å². The van der Waals surface area contributed by atoms with Gasteiger partial charge in [-0.05, 0) is 45.9 Å². The Bertz CT molecular complexity index is 767. The lowest BCUT2D eigenvalue weighted by molar-refractivity contribution is -0.124. The van der Waals surface area contributed by atoms with Crippen LogP contribution in [0.3, 0.4) is 0 Å². The highest BCUT2D eigenvalue weighted by Crippen LogP contribution is 2.36. The van der Waals surface area contributed by atoms with Crippen molar-refractivity contribution in [1.82, 2.24) is 15.6 Å². The molecule has 0 fully saturated rings. The number of nitrogens with one attached hydrogen (secondary N) is 2. The summed E-state index contributed by atoms with van der Waals surface area (Å²) in [5, 5.41) is 9.10. The number of thiazole rings is 1. The minimum atomic E-state index is -0.282. The number of fused-ring (bicyclic) bond motifs is 1. The monoisotopic (exact) mass is 361 g/mol. The summed E-state index contributed by atoms with van der Waals surface area (Å²) in [5.74, 6) is 1.50. The van der Waals surface area contributed by atoms with E-state index < -0.39 is 0 Å². The minimum absolute atomic E-state index is 0.0151. The summed E-state index contributed by atoms with van der Waals surface area (Å²) >= 11 is 1.57. The maximum Gasteiger partial charge on any atom is 0.237 e. The van der Waals surface area contributed by atoms with Gasteiger partial charge >= 0.3 is 0 Å². The van der Waals surface area contributed by atoms with Crippen molar-refractivity contribution in [1.29, 1.82) is 0 Å². The van der Waals surface area contributed by atoms with Crippen LogP contribution in [0.25, 0.3) is 10.6 Å². The van der Waals surface area contributed by atoms with E-state index in [4.69, 9.17) is 9.47 Å². The molecule has 0 spiro atoms. The molecule has 2 N–H and O–H groups in total. The smallest absolute Gasteiger partial charge is 0.237 e. The number of benzene rings is 1. The van der Waals surface area contributed by atoms with Crippen LogP contribution < -0.4 is 20.1 Å². The Labute approximate surface area is 151 Å². The van der Waals surface area contributed by atoms with Crippen LogP contribution in [0.4, 0.5) is 0 Å². The number of hydrogen-bond donors (Lipinski definition) is 2. The first-order chi connectivity index (χ1) is 11.8. The Morgan fingerprint density at radius 2 is 2.08 bits per heavy atom. The minimum Gasteiger partial charge on any atom is -0.454 e. The zero-order chi connectivity index (χ0) is 18.0. The Hall–Kier alpha value is -2.12. The second-order valence-corrected chi connectivity index (χ2v) is 7.91. The van der Waals surface area contributed by atoms with E-state index in [0.717, 1.165) is 27.8 Å². The van der Waals surface area contributed by atoms with Crippen molar-refractivity contribution in [3.63, 3.8) is 0 Å². The van der Waals surface area contributed by atoms with Crippen molar-refractivity contribution < 1.29 is 14.3 Å². The first kappa shape index (κ1) is 17.7. The van der Waals surface area contributed by atoms with Crippen molar-refractivity contribution in [3.8, 4) is 22.1 Å². The molecule has 0 aliphatic carbocycles. The molecular formula is C18H23N3O3S. The quantitative estimate of drug-likeness (QED) is 0.857. The van der Waals surface area contributed by atoms with Gasteiger partial charge in [-0.1, -0.05) is 0 Å². The van der Waals surface area contributed by atoms with E-state index in [1.807, 2.05) is 51.3 Å². The lowest BCUT2D eigenvalue weighted by atomic mass is 10.1. The first-order valence-corrected chi connectivity index (χ1v) is 9.09. The molecule has 134 valence electrons. The van der Waals surface area contributed by atoms with E-state index in [0.29, 0.717) is 6.54 Å². The number of ether oxygens (including phenoxy) is 2. The van der Waals surface area contributed by atoms with E-state index in [1.165, 1.54) is 0 Å². The van der Waals surface area contributed by atoms with Gasteiger partial charge in [0.2, 0.25) is 12.7 Å². The number of carbonyl (C=O) groups is 1. The third-order valence-corrected chi connectivity index (χ3v) is 4.59. The first-order valence-electron chi connectivity index (χ1n) is 8.22. The summed E-state index contributed by atoms with van der Waals surface area (Å²) in [6.45, 7) is 8.56. The average Bonchev–Trinajstić information content (AvgIpc) is 3.19. The van der Waals surface area contributed by atoms with E-state index in [1.54, 1.807) is 11.3 Å². The topological polar surface area (TPSA) is 72.5 Å². The van der Waals surface area contributed by atoms with Crippen LogP contribution in [0.5, 0.6) is 11.5 Å². The zero-order valence-corrected chi connectivity index (χ0v) is 15.7. The fraction of sp³-hybridized carbons (Fsp3) is 0.444. The molecular weight excluding hydrogens is 338 g/mol. The van der Waals surface area contributed by atoms with Crippen LogP contribution in [-0.2, 0) is 11.3 Å². The number of aromatic nitrogens is 1. The molecule has 6 nitrogen and oxygen atoms in total. The predicted octanol–water partition coefficient (Wildman–Crippen LogP) is 2.93. The van der Waals surface area contributed by atoms with Crippen LogP contribution in [0.1, 0.15) is 33.4 Å². The summed E-state index contributed by atoms with van der Waals surface area (Å²) in [6.07, 6.45) is 0. The fourth-order valence-corrected chi connectivity index (χ4v) is 3.20. The van der Waals surface area contributed by atoms with Gasteiger partial charge in [0, 0.05) is 23.0 Å². The highest BCUT2D eigenvalue weighted by Gasteiger charge is 2.19. The number of rotatable bonds is 5. The SMILES string of the molecule is CC(NCc1csc(-c2ccc3c(c2)OCO3)n1)C(=O)NC(C)(C)C. The zero-order valence-electron chi connectivity index (χ0n) is 14.9. The second kappa shape index (κ2) is 7.01.